The summed E-state index contributed by atoms with van der Waals surface area (Å²) in [6.45, 7) is 2.69. The Bertz CT molecular complexity index is 832. The molecule has 1 unspecified atom stereocenters. The number of nitrogens with one attached hydrogen (secondary N) is 1. The third-order valence-electron chi connectivity index (χ3n) is 4.12. The molecular formula is C20H23N5O. The molecule has 2 aromatic carbocycles. The van der Waals surface area contributed by atoms with Crippen LogP contribution >= 0.6 is 0 Å². The van der Waals surface area contributed by atoms with Crippen molar-refractivity contribution in [1.29, 1.82) is 0 Å². The molecule has 6 nitrogen and oxygen atoms in total. The second kappa shape index (κ2) is 8.40. The van der Waals surface area contributed by atoms with Crippen LogP contribution in [0.2, 0.25) is 0 Å². The number of anilines is 1. The van der Waals surface area contributed by atoms with E-state index in [9.17, 15) is 4.79 Å². The normalized spacial score (nSPS) is 11.9. The molecule has 0 fully saturated rings. The minimum atomic E-state index is -0.102. The summed E-state index contributed by atoms with van der Waals surface area (Å²) in [7, 11) is 1.82. The summed E-state index contributed by atoms with van der Waals surface area (Å²) in [5.74, 6) is 0.678. The Labute approximate surface area is 153 Å². The van der Waals surface area contributed by atoms with Gasteiger partial charge in [-0.25, -0.2) is 4.98 Å². The van der Waals surface area contributed by atoms with Gasteiger partial charge in [-0.1, -0.05) is 48.5 Å². The van der Waals surface area contributed by atoms with Crippen molar-refractivity contribution < 1.29 is 4.79 Å². The van der Waals surface area contributed by atoms with Gasteiger partial charge in [0.2, 0.25) is 5.91 Å². The molecule has 1 heterocycles. The molecule has 0 bridgehead atoms. The molecule has 1 amide bonds. The predicted molar refractivity (Wildman–Crippen MR) is 101 cm³/mol. The van der Waals surface area contributed by atoms with Crippen LogP contribution in [0.4, 0.5) is 5.69 Å². The van der Waals surface area contributed by atoms with Crippen LogP contribution in [0.15, 0.2) is 67.0 Å². The number of amides is 1. The van der Waals surface area contributed by atoms with Gasteiger partial charge in [-0.3, -0.25) is 14.8 Å². The van der Waals surface area contributed by atoms with E-state index in [1.54, 1.807) is 15.9 Å². The molecule has 3 aromatic rings. The van der Waals surface area contributed by atoms with Crippen molar-refractivity contribution in [2.45, 2.75) is 19.5 Å². The second-order valence-electron chi connectivity index (χ2n) is 6.18. The lowest BCUT2D eigenvalue weighted by Crippen LogP contribution is -2.38. The largest absolute Gasteiger partial charge is 0.307 e. The van der Waals surface area contributed by atoms with Crippen molar-refractivity contribution >= 4 is 11.6 Å². The molecule has 0 saturated heterocycles. The van der Waals surface area contributed by atoms with Crippen molar-refractivity contribution in [2.24, 2.45) is 7.05 Å². The summed E-state index contributed by atoms with van der Waals surface area (Å²) >= 11 is 0. The highest BCUT2D eigenvalue weighted by molar-refractivity contribution is 5.94. The lowest BCUT2D eigenvalue weighted by atomic mass is 10.2. The number of para-hydroxylation sites is 1. The van der Waals surface area contributed by atoms with E-state index in [4.69, 9.17) is 0 Å². The van der Waals surface area contributed by atoms with Crippen LogP contribution < -0.4 is 10.2 Å². The molecule has 3 rings (SSSR count). The second-order valence-corrected chi connectivity index (χ2v) is 6.18. The van der Waals surface area contributed by atoms with E-state index in [-0.39, 0.29) is 18.5 Å². The van der Waals surface area contributed by atoms with E-state index in [0.29, 0.717) is 12.4 Å². The predicted octanol–water partition coefficient (Wildman–Crippen LogP) is 2.70. The topological polar surface area (TPSA) is 63.1 Å². The van der Waals surface area contributed by atoms with E-state index >= 15 is 0 Å². The van der Waals surface area contributed by atoms with Crippen LogP contribution in [-0.2, 0) is 18.4 Å². The van der Waals surface area contributed by atoms with Crippen LogP contribution in [0, 0.1) is 0 Å². The number of rotatable bonds is 7. The van der Waals surface area contributed by atoms with E-state index in [0.717, 1.165) is 11.3 Å². The van der Waals surface area contributed by atoms with Crippen molar-refractivity contribution in [3.63, 3.8) is 0 Å². The first kappa shape index (κ1) is 17.8. The molecule has 0 aliphatic rings. The molecule has 0 aliphatic heterocycles. The maximum absolute atomic E-state index is 12.9. The molecule has 0 spiro atoms. The number of hydrogen-bond acceptors (Lipinski definition) is 4. The number of carbonyl (C=O) groups is 1. The first-order valence-electron chi connectivity index (χ1n) is 8.62. The van der Waals surface area contributed by atoms with E-state index in [1.165, 1.54) is 0 Å². The average Bonchev–Trinajstić information content (AvgIpc) is 3.12. The van der Waals surface area contributed by atoms with Gasteiger partial charge in [0, 0.05) is 12.7 Å². The third kappa shape index (κ3) is 4.55. The molecule has 0 saturated carbocycles. The summed E-state index contributed by atoms with van der Waals surface area (Å²) in [4.78, 5) is 18.9. The lowest BCUT2D eigenvalue weighted by molar-refractivity contribution is -0.118. The van der Waals surface area contributed by atoms with Gasteiger partial charge in [0.15, 0.2) is 5.82 Å². The van der Waals surface area contributed by atoms with Crippen molar-refractivity contribution in [1.82, 2.24) is 20.1 Å². The van der Waals surface area contributed by atoms with Crippen molar-refractivity contribution in [3.8, 4) is 0 Å². The Morgan fingerprint density at radius 1 is 1.12 bits per heavy atom. The number of aromatic nitrogens is 3. The first-order valence-corrected chi connectivity index (χ1v) is 8.62. The van der Waals surface area contributed by atoms with Gasteiger partial charge in [0.25, 0.3) is 0 Å². The quantitative estimate of drug-likeness (QED) is 0.712. The molecule has 134 valence electrons. The fraction of sp³-hybridized carbons (Fsp3) is 0.250. The van der Waals surface area contributed by atoms with Gasteiger partial charge >= 0.3 is 0 Å². The van der Waals surface area contributed by atoms with Crippen LogP contribution in [0.1, 0.15) is 24.4 Å². The minimum Gasteiger partial charge on any atom is -0.307 e. The molecule has 1 N–H and O–H groups in total. The highest BCUT2D eigenvalue weighted by Gasteiger charge is 2.18. The maximum atomic E-state index is 12.9. The smallest absolute Gasteiger partial charge is 0.241 e. The van der Waals surface area contributed by atoms with Gasteiger partial charge in [-0.15, -0.1) is 0 Å². The highest BCUT2D eigenvalue weighted by atomic mass is 16.2. The lowest BCUT2D eigenvalue weighted by Gasteiger charge is -2.24. The van der Waals surface area contributed by atoms with Gasteiger partial charge in [-0.05, 0) is 24.6 Å². The molecule has 1 atom stereocenters. The summed E-state index contributed by atoms with van der Waals surface area (Å²) in [5.41, 5.74) is 1.97. The SMILES string of the molecule is CC(NCC(=O)N(Cc1ccccc1)c1ccccc1)c1ncn(C)n1. The van der Waals surface area contributed by atoms with Gasteiger partial charge < -0.3 is 4.90 Å². The zero-order chi connectivity index (χ0) is 18.4. The fourth-order valence-corrected chi connectivity index (χ4v) is 2.68. The van der Waals surface area contributed by atoms with Crippen molar-refractivity contribution in [2.75, 3.05) is 11.4 Å². The van der Waals surface area contributed by atoms with E-state index in [1.807, 2.05) is 74.6 Å². The van der Waals surface area contributed by atoms with Crippen LogP contribution in [0.5, 0.6) is 0 Å². The fourth-order valence-electron chi connectivity index (χ4n) is 2.68. The zero-order valence-corrected chi connectivity index (χ0v) is 15.0. The first-order chi connectivity index (χ1) is 12.6. The van der Waals surface area contributed by atoms with Crippen molar-refractivity contribution in [3.05, 3.63) is 78.4 Å². The van der Waals surface area contributed by atoms with Crippen LogP contribution in [0.3, 0.4) is 0 Å². The number of nitrogens with zero attached hydrogens (tertiary/aromatic N) is 4. The standard InChI is InChI=1S/C20H23N5O/c1-16(20-22-15-24(2)23-20)21-13-19(26)25(18-11-7-4-8-12-18)14-17-9-5-3-6-10-17/h3-12,15-16,21H,13-14H2,1-2H3. The molecule has 0 aliphatic carbocycles. The Morgan fingerprint density at radius 3 is 2.38 bits per heavy atom. The molecule has 6 heteroatoms. The number of carbonyl (C=O) groups excluding carboxylic acids is 1. The number of aryl methyl sites for hydroxylation is 1. The molecule has 1 aromatic heterocycles. The number of hydrogen-bond donors (Lipinski definition) is 1. The van der Waals surface area contributed by atoms with Gasteiger partial charge in [0.05, 0.1) is 19.1 Å². The summed E-state index contributed by atoms with van der Waals surface area (Å²) in [6.07, 6.45) is 1.65. The van der Waals surface area contributed by atoms with Crippen LogP contribution in [-0.4, -0.2) is 27.2 Å². The Kier molecular flexibility index (Phi) is 5.76. The summed E-state index contributed by atoms with van der Waals surface area (Å²) < 4.78 is 1.65. The van der Waals surface area contributed by atoms with Crippen LogP contribution in [0.25, 0.3) is 0 Å². The Balaban J connectivity index is 1.70. The third-order valence-corrected chi connectivity index (χ3v) is 4.12. The average molecular weight is 349 g/mol. The molecular weight excluding hydrogens is 326 g/mol. The van der Waals surface area contributed by atoms with E-state index in [2.05, 4.69) is 15.4 Å². The monoisotopic (exact) mass is 349 g/mol. The molecule has 0 radical (unpaired) electrons. The Morgan fingerprint density at radius 2 is 1.77 bits per heavy atom. The summed E-state index contributed by atoms with van der Waals surface area (Å²) in [5, 5.41) is 7.50. The molecule has 26 heavy (non-hydrogen) atoms. The van der Waals surface area contributed by atoms with Gasteiger partial charge in [-0.2, -0.15) is 5.10 Å². The maximum Gasteiger partial charge on any atom is 0.241 e. The summed E-state index contributed by atoms with van der Waals surface area (Å²) in [6, 6.07) is 19.6. The Hall–Kier alpha value is -2.99. The van der Waals surface area contributed by atoms with E-state index < -0.39 is 0 Å². The zero-order valence-electron chi connectivity index (χ0n) is 15.0. The van der Waals surface area contributed by atoms with Gasteiger partial charge in [0.1, 0.15) is 6.33 Å². The highest BCUT2D eigenvalue weighted by Crippen LogP contribution is 2.17. The minimum absolute atomic E-state index is 0.00262. The number of benzene rings is 2.